The van der Waals surface area contributed by atoms with Crippen LogP contribution < -0.4 is 10.5 Å². The summed E-state index contributed by atoms with van der Waals surface area (Å²) in [5.74, 6) is 2.21. The van der Waals surface area contributed by atoms with E-state index in [1.807, 2.05) is 12.1 Å². The molecule has 0 aromatic heterocycles. The van der Waals surface area contributed by atoms with E-state index in [2.05, 4.69) is 42.8 Å². The van der Waals surface area contributed by atoms with Gasteiger partial charge in [-0.1, -0.05) is 36.7 Å². The Bertz CT molecular complexity index is 419. The molecule has 0 radical (unpaired) electrons. The van der Waals surface area contributed by atoms with Gasteiger partial charge in [0.25, 0.3) is 0 Å². The molecule has 0 spiro atoms. The normalized spacial score (nSPS) is 24.6. The van der Waals surface area contributed by atoms with E-state index in [1.54, 1.807) is 0 Å². The van der Waals surface area contributed by atoms with E-state index >= 15 is 0 Å². The molecule has 1 aromatic rings. The third-order valence-electron chi connectivity index (χ3n) is 3.61. The molecule has 0 bridgehead atoms. The Labute approximate surface area is 118 Å². The lowest BCUT2D eigenvalue weighted by Crippen LogP contribution is -2.34. The fourth-order valence-corrected chi connectivity index (χ4v) is 3.13. The number of nitrogens with two attached hydrogens (primary N) is 1. The minimum Gasteiger partial charge on any atom is -0.490 e. The van der Waals surface area contributed by atoms with Crippen molar-refractivity contribution in [1.29, 1.82) is 0 Å². The van der Waals surface area contributed by atoms with Crippen molar-refractivity contribution in [2.75, 3.05) is 0 Å². The number of benzene rings is 1. The Morgan fingerprint density at radius 1 is 1.39 bits per heavy atom. The lowest BCUT2D eigenvalue weighted by atomic mass is 9.87. The second-order valence-corrected chi connectivity index (χ2v) is 6.70. The van der Waals surface area contributed by atoms with E-state index < -0.39 is 0 Å². The van der Waals surface area contributed by atoms with Crippen LogP contribution in [0.2, 0.25) is 0 Å². The summed E-state index contributed by atoms with van der Waals surface area (Å²) >= 11 is 3.48. The molecule has 2 rings (SSSR count). The zero-order valence-corrected chi connectivity index (χ0v) is 12.9. The first-order valence-electron chi connectivity index (χ1n) is 6.69. The van der Waals surface area contributed by atoms with E-state index in [0.29, 0.717) is 11.8 Å². The van der Waals surface area contributed by atoms with E-state index in [1.165, 1.54) is 6.42 Å². The van der Waals surface area contributed by atoms with Crippen LogP contribution in [-0.2, 0) is 0 Å². The van der Waals surface area contributed by atoms with Crippen LogP contribution >= 0.6 is 15.9 Å². The zero-order valence-electron chi connectivity index (χ0n) is 11.3. The maximum atomic E-state index is 6.27. The van der Waals surface area contributed by atoms with E-state index in [-0.39, 0.29) is 12.1 Å². The van der Waals surface area contributed by atoms with Crippen LogP contribution in [0.5, 0.6) is 5.75 Å². The Hall–Kier alpha value is -0.540. The molecular formula is C15H22BrNO. The molecule has 2 N–H and O–H groups in total. The third kappa shape index (κ3) is 3.07. The highest BCUT2D eigenvalue weighted by atomic mass is 79.9. The molecule has 0 aliphatic carbocycles. The Kier molecular flexibility index (Phi) is 4.33. The largest absolute Gasteiger partial charge is 0.490 e. The first kappa shape index (κ1) is 13.9. The van der Waals surface area contributed by atoms with Gasteiger partial charge in [0.2, 0.25) is 0 Å². The van der Waals surface area contributed by atoms with Crippen molar-refractivity contribution in [3.05, 3.63) is 28.2 Å². The van der Waals surface area contributed by atoms with Gasteiger partial charge in [-0.3, -0.25) is 0 Å². The molecule has 0 saturated heterocycles. The smallest absolute Gasteiger partial charge is 0.124 e. The van der Waals surface area contributed by atoms with Crippen molar-refractivity contribution >= 4 is 15.9 Å². The maximum absolute atomic E-state index is 6.27. The van der Waals surface area contributed by atoms with Gasteiger partial charge in [0.05, 0.1) is 0 Å². The molecule has 1 heterocycles. The van der Waals surface area contributed by atoms with Gasteiger partial charge >= 0.3 is 0 Å². The molecule has 18 heavy (non-hydrogen) atoms. The average Bonchev–Trinajstić information content (AvgIpc) is 2.29. The topological polar surface area (TPSA) is 35.2 Å². The van der Waals surface area contributed by atoms with Crippen molar-refractivity contribution in [3.8, 4) is 5.75 Å². The molecule has 2 unspecified atom stereocenters. The van der Waals surface area contributed by atoms with Gasteiger partial charge in [0.15, 0.2) is 0 Å². The van der Waals surface area contributed by atoms with Crippen molar-refractivity contribution in [3.63, 3.8) is 0 Å². The van der Waals surface area contributed by atoms with Crippen molar-refractivity contribution < 1.29 is 4.74 Å². The fraction of sp³-hybridized carbons (Fsp3) is 0.600. The molecular weight excluding hydrogens is 290 g/mol. The van der Waals surface area contributed by atoms with Crippen LogP contribution in [0.15, 0.2) is 22.7 Å². The Morgan fingerprint density at radius 3 is 2.78 bits per heavy atom. The second-order valence-electron chi connectivity index (χ2n) is 5.79. The van der Waals surface area contributed by atoms with Crippen molar-refractivity contribution in [2.45, 2.75) is 45.8 Å². The summed E-state index contributed by atoms with van der Waals surface area (Å²) in [4.78, 5) is 0. The number of ether oxygens (including phenoxy) is 1. The van der Waals surface area contributed by atoms with Crippen molar-refractivity contribution in [2.24, 2.45) is 17.6 Å². The number of hydrogen-bond acceptors (Lipinski definition) is 2. The third-order valence-corrected chi connectivity index (χ3v) is 4.11. The molecule has 3 heteroatoms. The van der Waals surface area contributed by atoms with E-state index in [0.717, 1.165) is 22.2 Å². The van der Waals surface area contributed by atoms with E-state index in [9.17, 15) is 0 Å². The maximum Gasteiger partial charge on any atom is 0.124 e. The van der Waals surface area contributed by atoms with Gasteiger partial charge in [0, 0.05) is 22.5 Å². The Morgan fingerprint density at radius 2 is 2.11 bits per heavy atom. The first-order valence-corrected chi connectivity index (χ1v) is 7.48. The van der Waals surface area contributed by atoms with Crippen LogP contribution in [0.4, 0.5) is 0 Å². The quantitative estimate of drug-likeness (QED) is 0.904. The predicted molar refractivity (Wildman–Crippen MR) is 78.7 cm³/mol. The van der Waals surface area contributed by atoms with Crippen molar-refractivity contribution in [1.82, 2.24) is 0 Å². The summed E-state index contributed by atoms with van der Waals surface area (Å²) < 4.78 is 7.18. The summed E-state index contributed by atoms with van der Waals surface area (Å²) in [5.41, 5.74) is 7.40. The van der Waals surface area contributed by atoms with Crippen LogP contribution in [0.1, 0.15) is 45.2 Å². The molecule has 0 saturated carbocycles. The van der Waals surface area contributed by atoms with Gasteiger partial charge < -0.3 is 10.5 Å². The molecule has 2 nitrogen and oxygen atoms in total. The molecule has 100 valence electrons. The van der Waals surface area contributed by atoms with Crippen LogP contribution in [0, 0.1) is 11.8 Å². The molecule has 1 aliphatic heterocycles. The summed E-state index contributed by atoms with van der Waals surface area (Å²) in [5, 5.41) is 0. The molecule has 0 amide bonds. The van der Waals surface area contributed by atoms with Crippen LogP contribution in [0.3, 0.4) is 0 Å². The van der Waals surface area contributed by atoms with Crippen LogP contribution in [0.25, 0.3) is 0 Å². The van der Waals surface area contributed by atoms with Gasteiger partial charge in [-0.2, -0.15) is 0 Å². The highest BCUT2D eigenvalue weighted by Crippen LogP contribution is 2.38. The standard InChI is InChI=1S/C15H22BrNO/c1-9(2)6-10(3)15-8-13(17)12-7-11(16)4-5-14(12)18-15/h4-5,7,9-10,13,15H,6,8,17H2,1-3H3/t10?,13-,15?/m1/s1. The summed E-state index contributed by atoms with van der Waals surface area (Å²) in [7, 11) is 0. The highest BCUT2D eigenvalue weighted by Gasteiger charge is 2.29. The average molecular weight is 312 g/mol. The lowest BCUT2D eigenvalue weighted by molar-refractivity contribution is 0.0962. The number of hydrogen-bond donors (Lipinski definition) is 1. The predicted octanol–water partition coefficient (Wildman–Crippen LogP) is 4.28. The highest BCUT2D eigenvalue weighted by molar-refractivity contribution is 9.10. The number of fused-ring (bicyclic) bond motifs is 1. The van der Waals surface area contributed by atoms with Gasteiger partial charge in [-0.15, -0.1) is 0 Å². The minimum atomic E-state index is 0.0888. The summed E-state index contributed by atoms with van der Waals surface area (Å²) in [6.07, 6.45) is 2.34. The Balaban J connectivity index is 2.15. The molecule has 1 aromatic carbocycles. The molecule has 1 aliphatic rings. The first-order chi connectivity index (χ1) is 8.47. The summed E-state index contributed by atoms with van der Waals surface area (Å²) in [6, 6.07) is 6.20. The van der Waals surface area contributed by atoms with Gasteiger partial charge in [0.1, 0.15) is 11.9 Å². The second kappa shape index (κ2) is 5.62. The number of rotatable bonds is 3. The summed E-state index contributed by atoms with van der Waals surface area (Å²) in [6.45, 7) is 6.77. The van der Waals surface area contributed by atoms with E-state index in [4.69, 9.17) is 10.5 Å². The lowest BCUT2D eigenvalue weighted by Gasteiger charge is -2.34. The number of halogens is 1. The molecule has 3 atom stereocenters. The zero-order chi connectivity index (χ0) is 13.3. The van der Waals surface area contributed by atoms with Crippen LogP contribution in [-0.4, -0.2) is 6.10 Å². The van der Waals surface area contributed by atoms with Gasteiger partial charge in [-0.25, -0.2) is 0 Å². The van der Waals surface area contributed by atoms with Gasteiger partial charge in [-0.05, 0) is 36.5 Å². The monoisotopic (exact) mass is 311 g/mol. The minimum absolute atomic E-state index is 0.0888. The SMILES string of the molecule is CC(C)CC(C)C1C[C@@H](N)c2cc(Br)ccc2O1. The molecule has 0 fully saturated rings. The fourth-order valence-electron chi connectivity index (χ4n) is 2.75.